The van der Waals surface area contributed by atoms with Crippen LogP contribution in [0, 0.1) is 0 Å². The van der Waals surface area contributed by atoms with Crippen molar-refractivity contribution in [1.82, 2.24) is 4.57 Å². The summed E-state index contributed by atoms with van der Waals surface area (Å²) in [4.78, 5) is 8.43. The van der Waals surface area contributed by atoms with E-state index in [0.717, 1.165) is 46.9 Å². The Balaban J connectivity index is 1.03. The number of aromatic nitrogens is 1. The molecular weight excluding hydrogens is 1060 g/mol. The molecule has 6 heteroatoms. The van der Waals surface area contributed by atoms with Gasteiger partial charge in [-0.1, -0.05) is 201 Å². The summed E-state index contributed by atoms with van der Waals surface area (Å²) in [5.41, 5.74) is 29.5. The molecular formula is C81H85BN4O. The average Bonchev–Trinajstić information content (AvgIpc) is 1.56. The summed E-state index contributed by atoms with van der Waals surface area (Å²) in [5, 5.41) is 3.68. The van der Waals surface area contributed by atoms with Crippen molar-refractivity contribution in [2.75, 3.05) is 14.7 Å². The largest absolute Gasteiger partial charge is 0.456 e. The Bertz CT molecular complexity index is 4680. The molecule has 87 heavy (non-hydrogen) atoms. The van der Waals surface area contributed by atoms with Gasteiger partial charge in [-0.2, -0.15) is 0 Å². The first kappa shape index (κ1) is 53.8. The van der Waals surface area contributed by atoms with Gasteiger partial charge in [-0.3, -0.25) is 0 Å². The summed E-state index contributed by atoms with van der Waals surface area (Å²) in [6.45, 7) is 36.9. The summed E-state index contributed by atoms with van der Waals surface area (Å²) in [6.07, 6.45) is 9.49. The second-order valence-corrected chi connectivity index (χ2v) is 32.4. The average molecular weight is 1140 g/mol. The standard InChI is InChI=1S/C81H85BN4O/c1-74(2,3)48-31-35-61-57(42-48)78(12)37-20-22-39-80(78,14)85(61)51-33-34-59-64(45-51)83(63-28-24-30-68-69(63)54-26-17-19-29-67(54)87-68)65-46-52(86-62-36-32-49(75(4,5)6)43-58(62)79(13)38-21-23-40-81(79,86)15)47-66-71(65)82(59)60-44-50(76(7,8)9)41-55-70-73(84(66)72(55)60)53-25-16-18-27-56(53)77(70,10)11/h16-19,24-36,41-47H,20-23,37-40H2,1-15H3. The molecule has 7 aliphatic rings. The van der Waals surface area contributed by atoms with Gasteiger partial charge in [0, 0.05) is 77.9 Å². The van der Waals surface area contributed by atoms with E-state index in [9.17, 15) is 0 Å². The monoisotopic (exact) mass is 1140 g/mol. The third-order valence-corrected chi connectivity index (χ3v) is 24.3. The minimum atomic E-state index is -0.236. The summed E-state index contributed by atoms with van der Waals surface area (Å²) in [6, 6.07) is 58.4. The quantitative estimate of drug-likeness (QED) is 0.165. The van der Waals surface area contributed by atoms with Crippen molar-refractivity contribution in [3.63, 3.8) is 0 Å². The number of anilines is 7. The zero-order valence-corrected chi connectivity index (χ0v) is 54.3. The molecule has 0 bridgehead atoms. The Morgan fingerprint density at radius 3 is 1.67 bits per heavy atom. The van der Waals surface area contributed by atoms with Crippen LogP contribution in [0.1, 0.15) is 194 Å². The highest BCUT2D eigenvalue weighted by molar-refractivity contribution is 7.00. The van der Waals surface area contributed by atoms with Crippen molar-refractivity contribution in [3.8, 4) is 16.9 Å². The Kier molecular flexibility index (Phi) is 10.5. The molecule has 5 nitrogen and oxygen atoms in total. The molecule has 2 fully saturated rings. The minimum Gasteiger partial charge on any atom is -0.456 e. The fraction of sp³-hybridized carbons (Fsp3) is 0.383. The topological polar surface area (TPSA) is 27.8 Å². The van der Waals surface area contributed by atoms with Crippen molar-refractivity contribution in [2.45, 2.75) is 199 Å². The molecule has 438 valence electrons. The van der Waals surface area contributed by atoms with Crippen molar-refractivity contribution in [3.05, 3.63) is 185 Å². The van der Waals surface area contributed by atoms with Crippen LogP contribution >= 0.6 is 0 Å². The maximum atomic E-state index is 6.93. The molecule has 4 atom stereocenters. The number of hydrogen-bond acceptors (Lipinski definition) is 4. The first-order valence-corrected chi connectivity index (χ1v) is 33.0. The van der Waals surface area contributed by atoms with Gasteiger partial charge in [-0.05, 0) is 172 Å². The fourth-order valence-corrected chi connectivity index (χ4v) is 19.1. The summed E-state index contributed by atoms with van der Waals surface area (Å²) in [5.74, 6) is 0. The molecule has 0 spiro atoms. The van der Waals surface area contributed by atoms with E-state index in [2.05, 4.69) is 269 Å². The predicted octanol–water partition coefficient (Wildman–Crippen LogP) is 19.8. The lowest BCUT2D eigenvalue weighted by Gasteiger charge is -2.51. The third kappa shape index (κ3) is 6.73. The lowest BCUT2D eigenvalue weighted by atomic mass is 9.33. The maximum Gasteiger partial charge on any atom is 0.252 e. The maximum absolute atomic E-state index is 6.93. The number of benzene rings is 8. The Morgan fingerprint density at radius 1 is 0.437 bits per heavy atom. The molecule has 17 rings (SSSR count). The lowest BCUT2D eigenvalue weighted by Crippen LogP contribution is -2.61. The van der Waals surface area contributed by atoms with Crippen LogP contribution in [0.2, 0.25) is 0 Å². The zero-order valence-electron chi connectivity index (χ0n) is 54.3. The van der Waals surface area contributed by atoms with Gasteiger partial charge >= 0.3 is 0 Å². The number of hydrogen-bond donors (Lipinski definition) is 0. The van der Waals surface area contributed by atoms with Crippen LogP contribution in [-0.2, 0) is 32.5 Å². The van der Waals surface area contributed by atoms with Crippen LogP contribution in [0.15, 0.2) is 150 Å². The predicted molar refractivity (Wildman–Crippen MR) is 369 cm³/mol. The van der Waals surface area contributed by atoms with Gasteiger partial charge in [0.05, 0.1) is 27.8 Å². The van der Waals surface area contributed by atoms with Gasteiger partial charge in [0.2, 0.25) is 0 Å². The van der Waals surface area contributed by atoms with Crippen LogP contribution in [-0.4, -0.2) is 22.4 Å². The number of rotatable bonds is 3. The second kappa shape index (κ2) is 17.0. The Labute approximate surface area is 516 Å². The Morgan fingerprint density at radius 2 is 1.01 bits per heavy atom. The van der Waals surface area contributed by atoms with E-state index in [-0.39, 0.29) is 50.3 Å². The minimum absolute atomic E-state index is 0.0178. The highest BCUT2D eigenvalue weighted by Gasteiger charge is 2.60. The SMILES string of the molecule is CC(C)(C)c1ccc2c(c1)C1(C)CCCCC1(C)N2c1ccc2c(c1)N(c1cccc3oc4ccccc4c13)c1cc(N3c4ccc(C(C)(C)C)cc4C4(C)CCCCC34C)cc3c1B2c1cc(C(C)(C)C)cc2c4c(n-3c12)-c1ccccc1C4(C)C. The van der Waals surface area contributed by atoms with Gasteiger partial charge < -0.3 is 23.7 Å². The summed E-state index contributed by atoms with van der Waals surface area (Å²) >= 11 is 0. The van der Waals surface area contributed by atoms with Gasteiger partial charge in [-0.25, -0.2) is 0 Å². The van der Waals surface area contributed by atoms with Gasteiger partial charge in [-0.15, -0.1) is 0 Å². The number of furan rings is 1. The van der Waals surface area contributed by atoms with Crippen LogP contribution in [0.3, 0.4) is 0 Å². The van der Waals surface area contributed by atoms with Crippen LogP contribution < -0.4 is 31.1 Å². The zero-order chi connectivity index (χ0) is 60.2. The molecule has 4 unspecified atom stereocenters. The van der Waals surface area contributed by atoms with Crippen molar-refractivity contribution >= 4 is 95.8 Å². The van der Waals surface area contributed by atoms with Crippen LogP contribution in [0.4, 0.5) is 39.8 Å². The Hall–Kier alpha value is -7.44. The van der Waals surface area contributed by atoms with Crippen molar-refractivity contribution in [1.29, 1.82) is 0 Å². The first-order valence-electron chi connectivity index (χ1n) is 33.0. The fourth-order valence-electron chi connectivity index (χ4n) is 19.1. The normalized spacial score (nSPS) is 23.9. The molecule has 0 N–H and O–H groups in total. The third-order valence-electron chi connectivity index (χ3n) is 24.3. The molecule has 6 heterocycles. The molecule has 3 aliphatic carbocycles. The lowest BCUT2D eigenvalue weighted by molar-refractivity contribution is 0.195. The molecule has 10 aromatic rings. The van der Waals surface area contributed by atoms with Crippen LogP contribution in [0.25, 0.3) is 49.8 Å². The van der Waals surface area contributed by atoms with E-state index >= 15 is 0 Å². The van der Waals surface area contributed by atoms with E-state index < -0.39 is 0 Å². The molecule has 0 amide bonds. The molecule has 0 radical (unpaired) electrons. The first-order chi connectivity index (χ1) is 41.3. The highest BCUT2D eigenvalue weighted by atomic mass is 16.3. The van der Waals surface area contributed by atoms with E-state index in [0.29, 0.717) is 0 Å². The molecule has 2 aromatic heterocycles. The highest BCUT2D eigenvalue weighted by Crippen LogP contribution is 2.65. The summed E-state index contributed by atoms with van der Waals surface area (Å²) in [7, 11) is 0. The molecule has 8 aromatic carbocycles. The molecule has 4 aliphatic heterocycles. The van der Waals surface area contributed by atoms with E-state index in [1.807, 2.05) is 0 Å². The number of para-hydroxylation sites is 1. The van der Waals surface area contributed by atoms with E-state index in [1.54, 1.807) is 0 Å². The van der Waals surface area contributed by atoms with Gasteiger partial charge in [0.1, 0.15) is 11.2 Å². The second-order valence-electron chi connectivity index (χ2n) is 32.4. The van der Waals surface area contributed by atoms with Crippen LogP contribution in [0.5, 0.6) is 0 Å². The molecule has 0 saturated heterocycles. The molecule has 2 saturated carbocycles. The van der Waals surface area contributed by atoms with Crippen molar-refractivity contribution < 1.29 is 4.42 Å². The summed E-state index contributed by atoms with van der Waals surface area (Å²) < 4.78 is 9.73. The number of nitrogens with zero attached hydrogens (tertiary/aromatic N) is 4. The van der Waals surface area contributed by atoms with E-state index in [4.69, 9.17) is 4.42 Å². The van der Waals surface area contributed by atoms with Crippen molar-refractivity contribution in [2.24, 2.45) is 0 Å². The van der Waals surface area contributed by atoms with Gasteiger partial charge in [0.15, 0.2) is 0 Å². The smallest absolute Gasteiger partial charge is 0.252 e. The number of fused-ring (bicyclic) bond motifs is 18. The van der Waals surface area contributed by atoms with Gasteiger partial charge in [0.25, 0.3) is 6.71 Å². The van der Waals surface area contributed by atoms with E-state index in [1.165, 1.54) is 149 Å².